The van der Waals surface area contributed by atoms with Crippen LogP contribution in [0.5, 0.6) is 0 Å². The van der Waals surface area contributed by atoms with E-state index in [0.717, 1.165) is 32.0 Å². The second-order valence-corrected chi connectivity index (χ2v) is 4.95. The van der Waals surface area contributed by atoms with Crippen LogP contribution < -0.4 is 5.32 Å². The van der Waals surface area contributed by atoms with Crippen LogP contribution in [-0.4, -0.2) is 42.5 Å². The van der Waals surface area contributed by atoms with E-state index in [1.807, 2.05) is 13.1 Å². The van der Waals surface area contributed by atoms with E-state index in [-0.39, 0.29) is 5.91 Å². The highest BCUT2D eigenvalue weighted by atomic mass is 16.2. The molecule has 1 amide bonds. The predicted octanol–water partition coefficient (Wildman–Crippen LogP) is 1.54. The van der Waals surface area contributed by atoms with Crippen molar-refractivity contribution in [2.24, 2.45) is 5.92 Å². The summed E-state index contributed by atoms with van der Waals surface area (Å²) in [6, 6.07) is 3.62. The molecule has 1 aromatic rings. The topological polar surface area (TPSA) is 45.2 Å². The lowest BCUT2D eigenvalue weighted by Gasteiger charge is -2.25. The Bertz CT molecular complexity index is 374. The van der Waals surface area contributed by atoms with E-state index in [2.05, 4.69) is 10.3 Å². The molecule has 4 heteroatoms. The molecule has 1 aromatic heterocycles. The number of carbonyl (C=O) groups is 1. The lowest BCUT2D eigenvalue weighted by molar-refractivity contribution is 0.0784. The minimum Gasteiger partial charge on any atom is -0.342 e. The molecule has 2 rings (SSSR count). The third-order valence-corrected chi connectivity index (χ3v) is 3.59. The quantitative estimate of drug-likeness (QED) is 0.878. The van der Waals surface area contributed by atoms with Crippen molar-refractivity contribution in [1.82, 2.24) is 15.2 Å². The molecule has 4 nitrogen and oxygen atoms in total. The van der Waals surface area contributed by atoms with Crippen LogP contribution >= 0.6 is 0 Å². The molecule has 0 aromatic carbocycles. The highest BCUT2D eigenvalue weighted by molar-refractivity contribution is 5.93. The number of aromatic nitrogens is 1. The van der Waals surface area contributed by atoms with Crippen LogP contribution in [0.1, 0.15) is 29.6 Å². The van der Waals surface area contributed by atoms with Gasteiger partial charge in [-0.25, -0.2) is 0 Å². The van der Waals surface area contributed by atoms with Gasteiger partial charge in [-0.15, -0.1) is 0 Å². The zero-order valence-electron chi connectivity index (χ0n) is 10.9. The van der Waals surface area contributed by atoms with Crippen molar-refractivity contribution in [3.8, 4) is 0 Å². The van der Waals surface area contributed by atoms with Crippen molar-refractivity contribution in [2.45, 2.75) is 19.3 Å². The Morgan fingerprint density at radius 1 is 1.50 bits per heavy atom. The summed E-state index contributed by atoms with van der Waals surface area (Å²) in [6.07, 6.45) is 6.88. The SMILES string of the molecule is CN(CCC1CCNCC1)C(=O)c1cccnc1. The Hall–Kier alpha value is -1.42. The first-order valence-electron chi connectivity index (χ1n) is 6.63. The van der Waals surface area contributed by atoms with Gasteiger partial charge in [0.25, 0.3) is 5.91 Å². The number of pyridine rings is 1. The minimum absolute atomic E-state index is 0.0667. The highest BCUT2D eigenvalue weighted by Gasteiger charge is 2.16. The largest absolute Gasteiger partial charge is 0.342 e. The van der Waals surface area contributed by atoms with E-state index in [9.17, 15) is 4.79 Å². The molecule has 2 heterocycles. The van der Waals surface area contributed by atoms with Gasteiger partial charge in [0.1, 0.15) is 0 Å². The van der Waals surface area contributed by atoms with Gasteiger partial charge in [-0.1, -0.05) is 0 Å². The van der Waals surface area contributed by atoms with Gasteiger partial charge in [-0.3, -0.25) is 9.78 Å². The van der Waals surface area contributed by atoms with Gasteiger partial charge in [0, 0.05) is 26.0 Å². The zero-order valence-corrected chi connectivity index (χ0v) is 10.9. The molecule has 0 spiro atoms. The maximum absolute atomic E-state index is 12.1. The summed E-state index contributed by atoms with van der Waals surface area (Å²) < 4.78 is 0. The molecule has 1 saturated heterocycles. The average Bonchev–Trinajstić information content (AvgIpc) is 2.46. The van der Waals surface area contributed by atoms with Gasteiger partial charge in [-0.05, 0) is 50.4 Å². The first kappa shape index (κ1) is 13.0. The van der Waals surface area contributed by atoms with Crippen LogP contribution in [-0.2, 0) is 0 Å². The minimum atomic E-state index is 0.0667. The lowest BCUT2D eigenvalue weighted by Crippen LogP contribution is -2.32. The third-order valence-electron chi connectivity index (χ3n) is 3.59. The summed E-state index contributed by atoms with van der Waals surface area (Å²) in [4.78, 5) is 17.9. The maximum atomic E-state index is 12.1. The van der Waals surface area contributed by atoms with E-state index in [0.29, 0.717) is 5.56 Å². The second kappa shape index (κ2) is 6.50. The first-order chi connectivity index (χ1) is 8.77. The van der Waals surface area contributed by atoms with E-state index < -0.39 is 0 Å². The van der Waals surface area contributed by atoms with E-state index in [1.165, 1.54) is 12.8 Å². The van der Waals surface area contributed by atoms with Crippen LogP contribution in [0.15, 0.2) is 24.5 Å². The summed E-state index contributed by atoms with van der Waals surface area (Å²) in [7, 11) is 1.87. The van der Waals surface area contributed by atoms with Crippen LogP contribution in [0, 0.1) is 5.92 Å². The number of carbonyl (C=O) groups excluding carboxylic acids is 1. The van der Waals surface area contributed by atoms with Gasteiger partial charge in [-0.2, -0.15) is 0 Å². The molecule has 1 N–H and O–H groups in total. The van der Waals surface area contributed by atoms with E-state index in [1.54, 1.807) is 23.4 Å². The number of nitrogens with one attached hydrogen (secondary N) is 1. The van der Waals surface area contributed by atoms with Gasteiger partial charge in [0.15, 0.2) is 0 Å². The fourth-order valence-electron chi connectivity index (χ4n) is 2.36. The molecule has 1 aliphatic heterocycles. The van der Waals surface area contributed by atoms with Gasteiger partial charge in [0.2, 0.25) is 0 Å². The Morgan fingerprint density at radius 2 is 2.28 bits per heavy atom. The predicted molar refractivity (Wildman–Crippen MR) is 71.4 cm³/mol. The van der Waals surface area contributed by atoms with Gasteiger partial charge >= 0.3 is 0 Å². The molecule has 0 saturated carbocycles. The molecular formula is C14H21N3O. The highest BCUT2D eigenvalue weighted by Crippen LogP contribution is 2.16. The average molecular weight is 247 g/mol. The Morgan fingerprint density at radius 3 is 2.94 bits per heavy atom. The first-order valence-corrected chi connectivity index (χ1v) is 6.63. The van der Waals surface area contributed by atoms with Crippen molar-refractivity contribution >= 4 is 5.91 Å². The van der Waals surface area contributed by atoms with Crippen molar-refractivity contribution in [3.05, 3.63) is 30.1 Å². The van der Waals surface area contributed by atoms with Crippen LogP contribution in [0.25, 0.3) is 0 Å². The van der Waals surface area contributed by atoms with Crippen molar-refractivity contribution in [1.29, 1.82) is 0 Å². The number of hydrogen-bond acceptors (Lipinski definition) is 3. The van der Waals surface area contributed by atoms with Crippen molar-refractivity contribution < 1.29 is 4.79 Å². The van der Waals surface area contributed by atoms with Crippen molar-refractivity contribution in [3.63, 3.8) is 0 Å². The molecule has 1 fully saturated rings. The molecule has 18 heavy (non-hydrogen) atoms. The number of hydrogen-bond donors (Lipinski definition) is 1. The molecule has 0 radical (unpaired) electrons. The van der Waals surface area contributed by atoms with Crippen LogP contribution in [0.3, 0.4) is 0 Å². The molecule has 0 aliphatic carbocycles. The van der Waals surface area contributed by atoms with E-state index in [4.69, 9.17) is 0 Å². The molecule has 0 atom stereocenters. The van der Waals surface area contributed by atoms with Gasteiger partial charge < -0.3 is 10.2 Å². The standard InChI is InChI=1S/C14H21N3O/c1-17(10-6-12-4-8-15-9-5-12)14(18)13-3-2-7-16-11-13/h2-3,7,11-12,15H,4-6,8-10H2,1H3. The lowest BCUT2D eigenvalue weighted by atomic mass is 9.94. The fraction of sp³-hybridized carbons (Fsp3) is 0.571. The maximum Gasteiger partial charge on any atom is 0.255 e. The number of piperidine rings is 1. The summed E-state index contributed by atoms with van der Waals surface area (Å²) in [6.45, 7) is 3.06. The number of amides is 1. The number of nitrogens with zero attached hydrogens (tertiary/aromatic N) is 2. The summed E-state index contributed by atoms with van der Waals surface area (Å²) in [5, 5.41) is 3.36. The summed E-state index contributed by atoms with van der Waals surface area (Å²) in [5.74, 6) is 0.826. The van der Waals surface area contributed by atoms with Crippen molar-refractivity contribution in [2.75, 3.05) is 26.7 Å². The summed E-state index contributed by atoms with van der Waals surface area (Å²) in [5.41, 5.74) is 0.672. The van der Waals surface area contributed by atoms with Crippen LogP contribution in [0.2, 0.25) is 0 Å². The zero-order chi connectivity index (χ0) is 12.8. The second-order valence-electron chi connectivity index (χ2n) is 4.95. The monoisotopic (exact) mass is 247 g/mol. The Labute approximate surface area is 108 Å². The normalized spacial score (nSPS) is 16.5. The molecule has 0 unspecified atom stereocenters. The smallest absolute Gasteiger partial charge is 0.255 e. The van der Waals surface area contributed by atoms with E-state index >= 15 is 0 Å². The number of rotatable bonds is 4. The molecular weight excluding hydrogens is 226 g/mol. The summed E-state index contributed by atoms with van der Waals surface area (Å²) >= 11 is 0. The van der Waals surface area contributed by atoms with Gasteiger partial charge in [0.05, 0.1) is 5.56 Å². The molecule has 98 valence electrons. The Kier molecular flexibility index (Phi) is 4.70. The fourth-order valence-corrected chi connectivity index (χ4v) is 2.36. The molecule has 0 bridgehead atoms. The Balaban J connectivity index is 1.80. The third kappa shape index (κ3) is 3.53. The van der Waals surface area contributed by atoms with Crippen LogP contribution in [0.4, 0.5) is 0 Å². The molecule has 1 aliphatic rings.